The second-order valence-electron chi connectivity index (χ2n) is 4.22. The van der Waals surface area contributed by atoms with Crippen LogP contribution in [0.3, 0.4) is 0 Å². The molecule has 3 heterocycles. The third-order valence-electron chi connectivity index (χ3n) is 3.33. The van der Waals surface area contributed by atoms with Crippen molar-refractivity contribution in [2.45, 2.75) is 25.3 Å². The van der Waals surface area contributed by atoms with E-state index in [1.165, 1.54) is 38.0 Å². The molecule has 2 aliphatic heterocycles. The molecule has 74 valence electrons. The SMILES string of the molecule is C1=Cn2cccc2C1N1CCCCC1. The van der Waals surface area contributed by atoms with E-state index in [1.807, 2.05) is 0 Å². The molecule has 3 rings (SSSR count). The molecular formula is C12H16N2. The van der Waals surface area contributed by atoms with Gasteiger partial charge in [0.05, 0.1) is 6.04 Å². The fraction of sp³-hybridized carbons (Fsp3) is 0.500. The lowest BCUT2D eigenvalue weighted by Gasteiger charge is -2.31. The summed E-state index contributed by atoms with van der Waals surface area (Å²) in [5.41, 5.74) is 1.44. The monoisotopic (exact) mass is 188 g/mol. The molecule has 1 fully saturated rings. The Morgan fingerprint density at radius 2 is 2.00 bits per heavy atom. The fourth-order valence-corrected chi connectivity index (χ4v) is 2.57. The quantitative estimate of drug-likeness (QED) is 0.657. The predicted octanol–water partition coefficient (Wildman–Crippen LogP) is 2.50. The van der Waals surface area contributed by atoms with Crippen molar-refractivity contribution < 1.29 is 0 Å². The summed E-state index contributed by atoms with van der Waals surface area (Å²) < 4.78 is 2.24. The van der Waals surface area contributed by atoms with Crippen molar-refractivity contribution >= 4 is 6.20 Å². The lowest BCUT2D eigenvalue weighted by Crippen LogP contribution is -2.32. The number of aromatic nitrogens is 1. The number of piperidine rings is 1. The molecule has 0 aliphatic carbocycles. The molecule has 0 N–H and O–H groups in total. The van der Waals surface area contributed by atoms with Crippen LogP contribution in [0.5, 0.6) is 0 Å². The first-order chi connectivity index (χ1) is 6.95. The van der Waals surface area contributed by atoms with Gasteiger partial charge in [-0.25, -0.2) is 0 Å². The van der Waals surface area contributed by atoms with Gasteiger partial charge >= 0.3 is 0 Å². The Kier molecular flexibility index (Phi) is 1.95. The van der Waals surface area contributed by atoms with Crippen LogP contribution in [0.4, 0.5) is 0 Å². The molecule has 1 unspecified atom stereocenters. The number of rotatable bonds is 1. The summed E-state index contributed by atoms with van der Waals surface area (Å²) in [6.45, 7) is 2.53. The van der Waals surface area contributed by atoms with E-state index in [9.17, 15) is 0 Å². The molecule has 1 atom stereocenters. The standard InChI is InChI=1S/C12H16N2/c1-2-7-13(8-3-1)12-6-10-14-9-4-5-11(12)14/h4-6,9-10,12H,1-3,7-8H2. The Labute approximate surface area is 84.8 Å². The highest BCUT2D eigenvalue weighted by Crippen LogP contribution is 2.30. The molecule has 2 nitrogen and oxygen atoms in total. The van der Waals surface area contributed by atoms with E-state index in [4.69, 9.17) is 0 Å². The van der Waals surface area contributed by atoms with Crippen LogP contribution < -0.4 is 0 Å². The Bertz CT molecular complexity index is 345. The van der Waals surface area contributed by atoms with Crippen LogP contribution >= 0.6 is 0 Å². The highest BCUT2D eigenvalue weighted by Gasteiger charge is 2.24. The van der Waals surface area contributed by atoms with Crippen LogP contribution in [0.1, 0.15) is 31.0 Å². The number of nitrogens with zero attached hydrogens (tertiary/aromatic N) is 2. The Hall–Kier alpha value is -1.02. The van der Waals surface area contributed by atoms with E-state index in [2.05, 4.69) is 40.1 Å². The normalized spacial score (nSPS) is 26.7. The van der Waals surface area contributed by atoms with Crippen LogP contribution in [0, 0.1) is 0 Å². The molecule has 2 aliphatic rings. The Morgan fingerprint density at radius 3 is 2.86 bits per heavy atom. The van der Waals surface area contributed by atoms with Gasteiger partial charge in [0.25, 0.3) is 0 Å². The maximum absolute atomic E-state index is 2.60. The maximum Gasteiger partial charge on any atom is 0.0706 e. The van der Waals surface area contributed by atoms with Crippen LogP contribution in [0.2, 0.25) is 0 Å². The molecule has 1 saturated heterocycles. The van der Waals surface area contributed by atoms with Gasteiger partial charge in [-0.15, -0.1) is 0 Å². The van der Waals surface area contributed by atoms with Crippen molar-refractivity contribution in [3.05, 3.63) is 30.1 Å². The first-order valence-electron chi connectivity index (χ1n) is 5.54. The van der Waals surface area contributed by atoms with Crippen molar-refractivity contribution in [2.24, 2.45) is 0 Å². The molecule has 2 heteroatoms. The zero-order chi connectivity index (χ0) is 9.38. The highest BCUT2D eigenvalue weighted by atomic mass is 15.2. The number of hydrogen-bond acceptors (Lipinski definition) is 1. The zero-order valence-corrected chi connectivity index (χ0v) is 8.39. The minimum Gasteiger partial charge on any atom is -0.326 e. The van der Waals surface area contributed by atoms with Gasteiger partial charge in [-0.2, -0.15) is 0 Å². The van der Waals surface area contributed by atoms with Crippen LogP contribution in [-0.2, 0) is 0 Å². The lowest BCUT2D eigenvalue weighted by molar-refractivity contribution is 0.192. The van der Waals surface area contributed by atoms with Gasteiger partial charge in [-0.3, -0.25) is 4.90 Å². The van der Waals surface area contributed by atoms with E-state index in [0.29, 0.717) is 6.04 Å². The van der Waals surface area contributed by atoms with Crippen molar-refractivity contribution in [3.63, 3.8) is 0 Å². The summed E-state index contributed by atoms with van der Waals surface area (Å²) in [6, 6.07) is 4.92. The first kappa shape index (κ1) is 8.30. The van der Waals surface area contributed by atoms with Gasteiger partial charge < -0.3 is 4.57 Å². The van der Waals surface area contributed by atoms with Crippen molar-refractivity contribution in [1.82, 2.24) is 9.47 Å². The summed E-state index contributed by atoms with van der Waals surface area (Å²) in [5, 5.41) is 0. The van der Waals surface area contributed by atoms with E-state index >= 15 is 0 Å². The summed E-state index contributed by atoms with van der Waals surface area (Å²) in [7, 11) is 0. The van der Waals surface area contributed by atoms with Crippen LogP contribution in [0.15, 0.2) is 24.4 Å². The molecule has 0 spiro atoms. The molecule has 0 bridgehead atoms. The molecule has 14 heavy (non-hydrogen) atoms. The van der Waals surface area contributed by atoms with Crippen LogP contribution in [0.25, 0.3) is 6.20 Å². The molecule has 1 aromatic heterocycles. The maximum atomic E-state index is 2.60. The van der Waals surface area contributed by atoms with Gasteiger partial charge in [0.2, 0.25) is 0 Å². The van der Waals surface area contributed by atoms with E-state index in [-0.39, 0.29) is 0 Å². The second-order valence-corrected chi connectivity index (χ2v) is 4.22. The van der Waals surface area contributed by atoms with E-state index < -0.39 is 0 Å². The Morgan fingerprint density at radius 1 is 1.14 bits per heavy atom. The third kappa shape index (κ3) is 1.22. The smallest absolute Gasteiger partial charge is 0.0706 e. The van der Waals surface area contributed by atoms with E-state index in [0.717, 1.165) is 0 Å². The van der Waals surface area contributed by atoms with Crippen molar-refractivity contribution in [2.75, 3.05) is 13.1 Å². The van der Waals surface area contributed by atoms with E-state index in [1.54, 1.807) is 0 Å². The summed E-state index contributed by atoms with van der Waals surface area (Å²) in [5.74, 6) is 0. The summed E-state index contributed by atoms with van der Waals surface area (Å²) in [4.78, 5) is 2.60. The lowest BCUT2D eigenvalue weighted by atomic mass is 10.1. The second kappa shape index (κ2) is 3.28. The molecule has 0 saturated carbocycles. The minimum atomic E-state index is 0.547. The first-order valence-corrected chi connectivity index (χ1v) is 5.54. The average Bonchev–Trinajstić information content (AvgIpc) is 2.79. The number of fused-ring (bicyclic) bond motifs is 1. The zero-order valence-electron chi connectivity index (χ0n) is 8.39. The number of likely N-dealkylation sites (tertiary alicyclic amines) is 1. The predicted molar refractivity (Wildman–Crippen MR) is 57.9 cm³/mol. The minimum absolute atomic E-state index is 0.547. The van der Waals surface area contributed by atoms with Crippen molar-refractivity contribution in [3.8, 4) is 0 Å². The molecular weight excluding hydrogens is 172 g/mol. The number of hydrogen-bond donors (Lipinski definition) is 0. The molecule has 0 amide bonds. The summed E-state index contributed by atoms with van der Waals surface area (Å²) in [6.07, 6.45) is 10.8. The fourth-order valence-electron chi connectivity index (χ4n) is 2.57. The largest absolute Gasteiger partial charge is 0.326 e. The topological polar surface area (TPSA) is 8.17 Å². The van der Waals surface area contributed by atoms with Crippen LogP contribution in [-0.4, -0.2) is 22.6 Å². The average molecular weight is 188 g/mol. The Balaban J connectivity index is 1.84. The van der Waals surface area contributed by atoms with Gasteiger partial charge in [0.15, 0.2) is 0 Å². The molecule has 0 radical (unpaired) electrons. The molecule has 0 aromatic carbocycles. The third-order valence-corrected chi connectivity index (χ3v) is 3.33. The van der Waals surface area contributed by atoms with Gasteiger partial charge in [0, 0.05) is 18.1 Å². The summed E-state index contributed by atoms with van der Waals surface area (Å²) >= 11 is 0. The van der Waals surface area contributed by atoms with Gasteiger partial charge in [0.1, 0.15) is 0 Å². The van der Waals surface area contributed by atoms with Gasteiger partial charge in [-0.1, -0.05) is 6.42 Å². The molecule has 1 aromatic rings. The highest BCUT2D eigenvalue weighted by molar-refractivity contribution is 5.40. The van der Waals surface area contributed by atoms with Gasteiger partial charge in [-0.05, 0) is 44.1 Å². The van der Waals surface area contributed by atoms with Crippen molar-refractivity contribution in [1.29, 1.82) is 0 Å².